The minimum absolute atomic E-state index is 0.206. The molecule has 0 aliphatic carbocycles. The summed E-state index contributed by atoms with van der Waals surface area (Å²) < 4.78 is 15.2. The van der Waals surface area contributed by atoms with Crippen molar-refractivity contribution in [1.82, 2.24) is 0 Å². The van der Waals surface area contributed by atoms with Gasteiger partial charge >= 0.3 is 5.97 Å². The van der Waals surface area contributed by atoms with E-state index >= 15 is 0 Å². The zero-order chi connectivity index (χ0) is 16.2. The van der Waals surface area contributed by atoms with Gasteiger partial charge in [0.15, 0.2) is 11.5 Å². The van der Waals surface area contributed by atoms with E-state index in [1.807, 2.05) is 6.07 Å². The molecule has 7 heteroatoms. The highest BCUT2D eigenvalue weighted by Gasteiger charge is 2.15. The number of nitrogens with one attached hydrogen (secondary N) is 1. The van der Waals surface area contributed by atoms with Crippen molar-refractivity contribution in [3.63, 3.8) is 0 Å². The Bertz CT molecular complexity index is 781. The van der Waals surface area contributed by atoms with E-state index in [1.54, 1.807) is 29.7 Å². The van der Waals surface area contributed by atoms with Crippen LogP contribution in [0.15, 0.2) is 35.7 Å². The Labute approximate surface area is 136 Å². The monoisotopic (exact) mass is 331 g/mol. The second kappa shape index (κ2) is 6.53. The van der Waals surface area contributed by atoms with Gasteiger partial charge in [0, 0.05) is 6.08 Å². The lowest BCUT2D eigenvalue weighted by atomic mass is 10.2. The first-order valence-electron chi connectivity index (χ1n) is 6.72. The highest BCUT2D eigenvalue weighted by atomic mass is 32.1. The van der Waals surface area contributed by atoms with Crippen LogP contribution in [0.5, 0.6) is 11.5 Å². The van der Waals surface area contributed by atoms with Crippen LogP contribution in [0.2, 0.25) is 0 Å². The smallest absolute Gasteiger partial charge is 0.350 e. The number of fused-ring (bicyclic) bond motifs is 1. The van der Waals surface area contributed by atoms with Gasteiger partial charge in [0.05, 0.1) is 12.8 Å². The number of carbonyl (C=O) groups excluding carboxylic acids is 2. The van der Waals surface area contributed by atoms with Crippen LogP contribution in [-0.4, -0.2) is 25.8 Å². The number of benzene rings is 1. The van der Waals surface area contributed by atoms with E-state index < -0.39 is 5.97 Å². The Morgan fingerprint density at radius 3 is 2.91 bits per heavy atom. The number of carbonyl (C=O) groups is 2. The predicted octanol–water partition coefficient (Wildman–Crippen LogP) is 2.92. The fourth-order valence-electron chi connectivity index (χ4n) is 2.02. The van der Waals surface area contributed by atoms with Gasteiger partial charge in [0.1, 0.15) is 4.88 Å². The van der Waals surface area contributed by atoms with Crippen LogP contribution in [0.1, 0.15) is 15.2 Å². The molecule has 0 fully saturated rings. The Morgan fingerprint density at radius 1 is 1.26 bits per heavy atom. The van der Waals surface area contributed by atoms with E-state index in [0.29, 0.717) is 22.1 Å². The Morgan fingerprint density at radius 2 is 2.09 bits per heavy atom. The summed E-state index contributed by atoms with van der Waals surface area (Å²) in [6.45, 7) is 0.206. The summed E-state index contributed by atoms with van der Waals surface area (Å²) in [7, 11) is 1.30. The molecule has 118 valence electrons. The normalized spacial score (nSPS) is 12.4. The number of esters is 1. The quantitative estimate of drug-likeness (QED) is 0.689. The number of ether oxygens (including phenoxy) is 3. The molecule has 0 spiro atoms. The van der Waals surface area contributed by atoms with Crippen LogP contribution >= 0.6 is 11.3 Å². The van der Waals surface area contributed by atoms with Gasteiger partial charge in [-0.1, -0.05) is 6.07 Å². The first-order valence-corrected chi connectivity index (χ1v) is 7.60. The average Bonchev–Trinajstić information content (AvgIpc) is 3.20. The third-order valence-electron chi connectivity index (χ3n) is 3.12. The van der Waals surface area contributed by atoms with Crippen LogP contribution in [0, 0.1) is 0 Å². The maximum absolute atomic E-state index is 12.0. The summed E-state index contributed by atoms with van der Waals surface area (Å²) in [6.07, 6.45) is 3.04. The molecule has 1 aromatic heterocycles. The van der Waals surface area contributed by atoms with E-state index in [2.05, 4.69) is 10.1 Å². The molecule has 0 radical (unpaired) electrons. The van der Waals surface area contributed by atoms with Crippen molar-refractivity contribution in [3.8, 4) is 11.5 Å². The minimum Gasteiger partial charge on any atom is -0.465 e. The lowest BCUT2D eigenvalue weighted by Gasteiger charge is -2.02. The van der Waals surface area contributed by atoms with Gasteiger partial charge in [-0.3, -0.25) is 4.79 Å². The predicted molar refractivity (Wildman–Crippen MR) is 85.9 cm³/mol. The van der Waals surface area contributed by atoms with Crippen molar-refractivity contribution >= 4 is 35.0 Å². The van der Waals surface area contributed by atoms with Gasteiger partial charge in [0.2, 0.25) is 12.7 Å². The molecule has 1 aliphatic heterocycles. The molecular weight excluding hydrogens is 318 g/mol. The van der Waals surface area contributed by atoms with Gasteiger partial charge in [-0.15, -0.1) is 11.3 Å². The van der Waals surface area contributed by atoms with Crippen molar-refractivity contribution in [2.24, 2.45) is 0 Å². The van der Waals surface area contributed by atoms with Gasteiger partial charge in [-0.25, -0.2) is 4.79 Å². The first-order chi connectivity index (χ1) is 11.2. The summed E-state index contributed by atoms with van der Waals surface area (Å²) in [6, 6.07) is 7.05. The van der Waals surface area contributed by atoms with Crippen LogP contribution in [0.4, 0.5) is 5.69 Å². The maximum Gasteiger partial charge on any atom is 0.350 e. The molecule has 1 N–H and O–H groups in total. The molecule has 1 aliphatic rings. The van der Waals surface area contributed by atoms with Crippen LogP contribution in [0.3, 0.4) is 0 Å². The van der Waals surface area contributed by atoms with Crippen molar-refractivity contribution in [2.45, 2.75) is 0 Å². The van der Waals surface area contributed by atoms with Crippen LogP contribution in [0.25, 0.3) is 6.08 Å². The van der Waals surface area contributed by atoms with E-state index in [-0.39, 0.29) is 12.7 Å². The van der Waals surface area contributed by atoms with E-state index in [4.69, 9.17) is 9.47 Å². The van der Waals surface area contributed by atoms with E-state index in [1.165, 1.54) is 24.5 Å². The molecule has 2 heterocycles. The average molecular weight is 331 g/mol. The van der Waals surface area contributed by atoms with E-state index in [9.17, 15) is 9.59 Å². The third kappa shape index (κ3) is 3.35. The fraction of sp³-hybridized carbons (Fsp3) is 0.125. The highest BCUT2D eigenvalue weighted by molar-refractivity contribution is 7.12. The van der Waals surface area contributed by atoms with Crippen LogP contribution < -0.4 is 14.8 Å². The second-order valence-corrected chi connectivity index (χ2v) is 5.51. The molecule has 23 heavy (non-hydrogen) atoms. The van der Waals surface area contributed by atoms with Crippen molar-refractivity contribution in [1.29, 1.82) is 0 Å². The number of anilines is 1. The summed E-state index contributed by atoms with van der Waals surface area (Å²) in [4.78, 5) is 23.9. The summed E-state index contributed by atoms with van der Waals surface area (Å²) in [5, 5.41) is 4.37. The molecule has 0 bridgehead atoms. The van der Waals surface area contributed by atoms with Crippen molar-refractivity contribution in [3.05, 3.63) is 46.2 Å². The SMILES string of the molecule is COC(=O)c1sccc1NC(=O)C=Cc1ccc2c(c1)OCO2. The molecule has 0 saturated heterocycles. The molecule has 1 amide bonds. The number of methoxy groups -OCH3 is 1. The number of hydrogen-bond acceptors (Lipinski definition) is 6. The van der Waals surface area contributed by atoms with Gasteiger partial charge in [-0.2, -0.15) is 0 Å². The molecule has 0 saturated carbocycles. The molecule has 2 aromatic rings. The first kappa shape index (κ1) is 15.1. The molecule has 1 aromatic carbocycles. The zero-order valence-corrected chi connectivity index (χ0v) is 13.0. The third-order valence-corrected chi connectivity index (χ3v) is 4.01. The summed E-state index contributed by atoms with van der Waals surface area (Å²) in [5.41, 5.74) is 1.24. The number of rotatable bonds is 4. The molecular formula is C16H13NO5S. The molecule has 0 unspecified atom stereocenters. The number of hydrogen-bond donors (Lipinski definition) is 1. The topological polar surface area (TPSA) is 73.9 Å². The van der Waals surface area contributed by atoms with Crippen molar-refractivity contribution in [2.75, 3.05) is 19.2 Å². The van der Waals surface area contributed by atoms with E-state index in [0.717, 1.165) is 5.56 Å². The lowest BCUT2D eigenvalue weighted by molar-refractivity contribution is -0.111. The molecule has 3 rings (SSSR count). The standard InChI is InChI=1S/C16H13NO5S/c1-20-16(19)15-11(6-7-23-15)17-14(18)5-3-10-2-4-12-13(8-10)22-9-21-12/h2-8H,9H2,1H3,(H,17,18). The maximum atomic E-state index is 12.0. The van der Waals surface area contributed by atoms with Crippen LogP contribution in [-0.2, 0) is 9.53 Å². The Kier molecular flexibility index (Phi) is 4.29. The Hall–Kier alpha value is -2.80. The lowest BCUT2D eigenvalue weighted by Crippen LogP contribution is -2.10. The van der Waals surface area contributed by atoms with Gasteiger partial charge in [-0.05, 0) is 35.2 Å². The summed E-state index contributed by atoms with van der Waals surface area (Å²) in [5.74, 6) is 0.521. The number of amides is 1. The van der Waals surface area contributed by atoms with Crippen molar-refractivity contribution < 1.29 is 23.8 Å². The van der Waals surface area contributed by atoms with Gasteiger partial charge < -0.3 is 19.5 Å². The zero-order valence-electron chi connectivity index (χ0n) is 12.2. The second-order valence-electron chi connectivity index (χ2n) is 4.59. The minimum atomic E-state index is -0.477. The number of thiophene rings is 1. The fourth-order valence-corrected chi connectivity index (χ4v) is 2.79. The highest BCUT2D eigenvalue weighted by Crippen LogP contribution is 2.32. The molecule has 6 nitrogen and oxygen atoms in total. The summed E-state index contributed by atoms with van der Waals surface area (Å²) >= 11 is 1.21. The van der Waals surface area contributed by atoms with Gasteiger partial charge in [0.25, 0.3) is 0 Å². The largest absolute Gasteiger partial charge is 0.465 e. The Balaban J connectivity index is 1.68. The molecule has 0 atom stereocenters.